The van der Waals surface area contributed by atoms with Crippen molar-refractivity contribution >= 4 is 11.7 Å². The lowest BCUT2D eigenvalue weighted by Crippen LogP contribution is -2.12. The van der Waals surface area contributed by atoms with Gasteiger partial charge in [0.05, 0.1) is 0 Å². The molecule has 5 heteroatoms. The molecule has 0 spiro atoms. The Kier molecular flexibility index (Phi) is 3.74. The number of carbonyl (C=O) groups excluding carboxylic acids is 1. The van der Waals surface area contributed by atoms with Crippen molar-refractivity contribution in [2.75, 3.05) is 11.9 Å². The van der Waals surface area contributed by atoms with Gasteiger partial charge in [-0.05, 0) is 37.6 Å². The van der Waals surface area contributed by atoms with E-state index in [2.05, 4.69) is 10.5 Å². The van der Waals surface area contributed by atoms with Crippen molar-refractivity contribution in [1.29, 1.82) is 0 Å². The van der Waals surface area contributed by atoms with E-state index in [0.29, 0.717) is 23.7 Å². The first-order chi connectivity index (χ1) is 8.69. The van der Waals surface area contributed by atoms with Crippen LogP contribution in [0.1, 0.15) is 21.7 Å². The van der Waals surface area contributed by atoms with Gasteiger partial charge in [0.15, 0.2) is 5.82 Å². The van der Waals surface area contributed by atoms with Gasteiger partial charge in [0.1, 0.15) is 5.76 Å². The molecule has 0 saturated heterocycles. The summed E-state index contributed by atoms with van der Waals surface area (Å²) in [6.07, 6.45) is 0.810. The number of rotatable bonds is 4. The molecular formula is C13H15N3O2. The maximum absolute atomic E-state index is 11.9. The number of hydrogen-bond donors (Lipinski definition) is 2. The number of nitrogens with one attached hydrogen (secondary N) is 1. The van der Waals surface area contributed by atoms with Gasteiger partial charge in [-0.25, -0.2) is 0 Å². The third kappa shape index (κ3) is 2.95. The molecule has 0 radical (unpaired) electrons. The highest BCUT2D eigenvalue weighted by molar-refractivity contribution is 6.03. The number of carbonyl (C=O) groups is 1. The summed E-state index contributed by atoms with van der Waals surface area (Å²) < 4.78 is 4.87. The summed E-state index contributed by atoms with van der Waals surface area (Å²) in [5.41, 5.74) is 7.16. The molecule has 0 atom stereocenters. The van der Waals surface area contributed by atoms with Crippen LogP contribution in [0.2, 0.25) is 0 Å². The second-order valence-corrected chi connectivity index (χ2v) is 4.01. The first kappa shape index (κ1) is 12.3. The van der Waals surface area contributed by atoms with Crippen molar-refractivity contribution in [2.45, 2.75) is 13.3 Å². The predicted octanol–water partition coefficient (Wildman–Crippen LogP) is 1.74. The Morgan fingerprint density at radius 3 is 2.67 bits per heavy atom. The predicted molar refractivity (Wildman–Crippen MR) is 68.4 cm³/mol. The summed E-state index contributed by atoms with van der Waals surface area (Å²) in [7, 11) is 0. The van der Waals surface area contributed by atoms with Gasteiger partial charge >= 0.3 is 0 Å². The molecule has 0 aliphatic rings. The van der Waals surface area contributed by atoms with Crippen LogP contribution in [0.4, 0.5) is 5.82 Å². The van der Waals surface area contributed by atoms with Crippen molar-refractivity contribution in [3.05, 3.63) is 47.2 Å². The Balaban J connectivity index is 2.04. The van der Waals surface area contributed by atoms with E-state index < -0.39 is 0 Å². The van der Waals surface area contributed by atoms with Crippen molar-refractivity contribution < 1.29 is 9.32 Å². The minimum absolute atomic E-state index is 0.206. The second-order valence-electron chi connectivity index (χ2n) is 4.01. The quantitative estimate of drug-likeness (QED) is 0.859. The first-order valence-corrected chi connectivity index (χ1v) is 5.72. The van der Waals surface area contributed by atoms with Gasteiger partial charge in [-0.1, -0.05) is 17.3 Å². The molecule has 3 N–H and O–H groups in total. The molecule has 0 fully saturated rings. The van der Waals surface area contributed by atoms with Crippen LogP contribution in [0.15, 0.2) is 34.9 Å². The summed E-state index contributed by atoms with van der Waals surface area (Å²) >= 11 is 0. The first-order valence-electron chi connectivity index (χ1n) is 5.72. The van der Waals surface area contributed by atoms with Gasteiger partial charge in [-0.2, -0.15) is 0 Å². The lowest BCUT2D eigenvalue weighted by atomic mass is 10.1. The minimum Gasteiger partial charge on any atom is -0.360 e. The number of aromatic nitrogens is 1. The fourth-order valence-electron chi connectivity index (χ4n) is 1.60. The zero-order chi connectivity index (χ0) is 13.0. The molecule has 94 valence electrons. The monoisotopic (exact) mass is 245 g/mol. The van der Waals surface area contributed by atoms with Crippen LogP contribution in [-0.2, 0) is 6.42 Å². The van der Waals surface area contributed by atoms with Gasteiger partial charge in [0.25, 0.3) is 5.91 Å². The third-order valence-corrected chi connectivity index (χ3v) is 2.52. The van der Waals surface area contributed by atoms with E-state index in [1.807, 2.05) is 12.1 Å². The van der Waals surface area contributed by atoms with E-state index in [4.69, 9.17) is 10.3 Å². The van der Waals surface area contributed by atoms with Gasteiger partial charge < -0.3 is 15.6 Å². The Hall–Kier alpha value is -2.14. The van der Waals surface area contributed by atoms with Crippen LogP contribution < -0.4 is 11.1 Å². The highest BCUT2D eigenvalue weighted by Gasteiger charge is 2.08. The van der Waals surface area contributed by atoms with Crippen molar-refractivity contribution in [3.63, 3.8) is 0 Å². The molecule has 1 amide bonds. The van der Waals surface area contributed by atoms with Gasteiger partial charge in [0.2, 0.25) is 0 Å². The van der Waals surface area contributed by atoms with E-state index in [-0.39, 0.29) is 5.91 Å². The molecule has 2 rings (SSSR count). The zero-order valence-corrected chi connectivity index (χ0v) is 10.1. The Morgan fingerprint density at radius 2 is 2.11 bits per heavy atom. The van der Waals surface area contributed by atoms with Crippen molar-refractivity contribution in [3.8, 4) is 0 Å². The Labute approximate surface area is 105 Å². The van der Waals surface area contributed by atoms with E-state index in [1.54, 1.807) is 25.1 Å². The molecule has 18 heavy (non-hydrogen) atoms. The maximum Gasteiger partial charge on any atom is 0.256 e. The van der Waals surface area contributed by atoms with Crippen LogP contribution in [0.25, 0.3) is 0 Å². The number of aryl methyl sites for hydroxylation is 1. The van der Waals surface area contributed by atoms with Crippen molar-refractivity contribution in [1.82, 2.24) is 5.16 Å². The van der Waals surface area contributed by atoms with Crippen LogP contribution >= 0.6 is 0 Å². The average molecular weight is 245 g/mol. The number of hydrogen-bond acceptors (Lipinski definition) is 4. The summed E-state index contributed by atoms with van der Waals surface area (Å²) in [6.45, 7) is 2.37. The molecule has 0 aliphatic carbocycles. The fraction of sp³-hybridized carbons (Fsp3) is 0.231. The summed E-state index contributed by atoms with van der Waals surface area (Å²) in [5.74, 6) is 0.870. The number of nitrogens with zero attached hydrogens (tertiary/aromatic N) is 1. The van der Waals surface area contributed by atoms with Gasteiger partial charge in [-0.15, -0.1) is 0 Å². The molecule has 0 bridgehead atoms. The highest BCUT2D eigenvalue weighted by atomic mass is 16.5. The zero-order valence-electron chi connectivity index (χ0n) is 10.1. The molecular weight excluding hydrogens is 230 g/mol. The standard InChI is InChI=1S/C13H15N3O2/c1-9-8-12(16-18-9)15-13(17)11-4-2-10(3-5-11)6-7-14/h2-5,8H,6-7,14H2,1H3,(H,15,16,17). The molecule has 5 nitrogen and oxygen atoms in total. The molecule has 1 aromatic heterocycles. The fourth-order valence-corrected chi connectivity index (χ4v) is 1.60. The van der Waals surface area contributed by atoms with Gasteiger partial charge in [-0.3, -0.25) is 4.79 Å². The lowest BCUT2D eigenvalue weighted by molar-refractivity contribution is 0.102. The van der Waals surface area contributed by atoms with Crippen LogP contribution in [0.5, 0.6) is 0 Å². The molecule has 0 saturated carbocycles. The number of nitrogens with two attached hydrogens (primary N) is 1. The Morgan fingerprint density at radius 1 is 1.39 bits per heavy atom. The second kappa shape index (κ2) is 5.46. The molecule has 1 heterocycles. The SMILES string of the molecule is Cc1cc(NC(=O)c2ccc(CCN)cc2)no1. The topological polar surface area (TPSA) is 81.2 Å². The van der Waals surface area contributed by atoms with Crippen LogP contribution in [0.3, 0.4) is 0 Å². The molecule has 0 unspecified atom stereocenters. The smallest absolute Gasteiger partial charge is 0.256 e. The molecule has 1 aromatic carbocycles. The number of benzene rings is 1. The van der Waals surface area contributed by atoms with E-state index in [0.717, 1.165) is 12.0 Å². The average Bonchev–Trinajstić information content (AvgIpc) is 2.76. The summed E-state index contributed by atoms with van der Waals surface area (Å²) in [4.78, 5) is 11.9. The molecule has 2 aromatic rings. The molecule has 0 aliphatic heterocycles. The van der Waals surface area contributed by atoms with E-state index in [1.165, 1.54) is 0 Å². The third-order valence-electron chi connectivity index (χ3n) is 2.52. The summed E-state index contributed by atoms with van der Waals surface area (Å²) in [5, 5.41) is 6.37. The number of amides is 1. The lowest BCUT2D eigenvalue weighted by Gasteiger charge is -2.03. The van der Waals surface area contributed by atoms with Crippen molar-refractivity contribution in [2.24, 2.45) is 5.73 Å². The van der Waals surface area contributed by atoms with Gasteiger partial charge in [0, 0.05) is 11.6 Å². The van der Waals surface area contributed by atoms with Crippen LogP contribution in [0, 0.1) is 6.92 Å². The van der Waals surface area contributed by atoms with E-state index in [9.17, 15) is 4.79 Å². The Bertz CT molecular complexity index is 531. The summed E-state index contributed by atoms with van der Waals surface area (Å²) in [6, 6.07) is 9.01. The van der Waals surface area contributed by atoms with Crippen LogP contribution in [-0.4, -0.2) is 17.6 Å². The maximum atomic E-state index is 11.9. The number of anilines is 1. The minimum atomic E-state index is -0.206. The largest absolute Gasteiger partial charge is 0.360 e. The van der Waals surface area contributed by atoms with E-state index >= 15 is 0 Å². The highest BCUT2D eigenvalue weighted by Crippen LogP contribution is 2.10. The normalized spacial score (nSPS) is 10.3.